The number of hydrogen-bond donors (Lipinski definition) is 1. The Hall–Kier alpha value is -1.15. The van der Waals surface area contributed by atoms with E-state index in [9.17, 15) is 0 Å². The summed E-state index contributed by atoms with van der Waals surface area (Å²) in [6.07, 6.45) is 8.96. The predicted octanol–water partition coefficient (Wildman–Crippen LogP) is 4.14. The average molecular weight is 296 g/mol. The van der Waals surface area contributed by atoms with Crippen molar-refractivity contribution in [3.05, 3.63) is 42.2 Å². The van der Waals surface area contributed by atoms with Gasteiger partial charge in [-0.3, -0.25) is 4.98 Å². The first-order valence-corrected chi connectivity index (χ1v) is 8.85. The summed E-state index contributed by atoms with van der Waals surface area (Å²) in [5.74, 6) is 4.11. The van der Waals surface area contributed by atoms with Crippen molar-refractivity contribution in [2.75, 3.05) is 0 Å². The molecule has 0 radical (unpaired) electrons. The maximum atomic E-state index is 6.70. The summed E-state index contributed by atoms with van der Waals surface area (Å²) in [6, 6.07) is 4.31. The number of allylic oxidation sites excluding steroid dienone is 1. The minimum atomic E-state index is 0.0394. The van der Waals surface area contributed by atoms with Gasteiger partial charge in [0.1, 0.15) is 0 Å². The molecule has 7 unspecified atom stereocenters. The van der Waals surface area contributed by atoms with Gasteiger partial charge >= 0.3 is 0 Å². The van der Waals surface area contributed by atoms with Gasteiger partial charge in [0, 0.05) is 17.9 Å². The molecule has 1 aromatic rings. The van der Waals surface area contributed by atoms with Gasteiger partial charge in [0.15, 0.2) is 0 Å². The number of nitrogens with zero attached hydrogens (tertiary/aromatic N) is 1. The Balaban J connectivity index is 1.68. The highest BCUT2D eigenvalue weighted by Crippen LogP contribution is 2.61. The molecule has 0 aromatic carbocycles. The van der Waals surface area contributed by atoms with Crippen molar-refractivity contribution in [3.8, 4) is 0 Å². The molecule has 4 aliphatic carbocycles. The van der Waals surface area contributed by atoms with Crippen LogP contribution in [0.25, 0.3) is 0 Å². The van der Waals surface area contributed by atoms with Crippen molar-refractivity contribution in [1.82, 2.24) is 4.98 Å². The largest absolute Gasteiger partial charge is 0.325 e. The topological polar surface area (TPSA) is 38.9 Å². The lowest BCUT2D eigenvalue weighted by atomic mass is 9.54. The highest BCUT2D eigenvalue weighted by atomic mass is 14.8. The van der Waals surface area contributed by atoms with E-state index in [1.165, 1.54) is 30.4 Å². The maximum absolute atomic E-state index is 6.70. The number of pyridine rings is 1. The second kappa shape index (κ2) is 4.92. The number of nitrogens with two attached hydrogens (primary N) is 1. The molecule has 0 saturated heterocycles. The molecule has 4 aliphatic rings. The standard InChI is InChI=1S/C20H28N2/c1-12-7-16(14-5-4-6-22-11-14)8-15-9-17-10-18(20(17,3)21)19(12)13(15)2/h4-6,11,13,15-19H,1,7-10,21H2,2-3H3. The molecule has 2 heteroatoms. The van der Waals surface area contributed by atoms with Crippen molar-refractivity contribution in [2.45, 2.75) is 51.0 Å². The van der Waals surface area contributed by atoms with Crippen molar-refractivity contribution in [1.29, 1.82) is 0 Å². The molecular formula is C20H28N2. The smallest absolute Gasteiger partial charge is 0.0302 e. The lowest BCUT2D eigenvalue weighted by Gasteiger charge is -2.54. The Kier molecular flexibility index (Phi) is 3.23. The van der Waals surface area contributed by atoms with Crippen molar-refractivity contribution < 1.29 is 0 Å². The van der Waals surface area contributed by atoms with Crippen LogP contribution in [-0.2, 0) is 0 Å². The third-order valence-electron chi connectivity index (χ3n) is 7.27. The monoisotopic (exact) mass is 296 g/mol. The van der Waals surface area contributed by atoms with E-state index in [1.807, 2.05) is 6.20 Å². The lowest BCUT2D eigenvalue weighted by molar-refractivity contribution is 0.0222. The van der Waals surface area contributed by atoms with Gasteiger partial charge < -0.3 is 5.73 Å². The van der Waals surface area contributed by atoms with E-state index in [2.05, 4.69) is 43.7 Å². The van der Waals surface area contributed by atoms with E-state index in [-0.39, 0.29) is 5.54 Å². The predicted molar refractivity (Wildman–Crippen MR) is 90.3 cm³/mol. The summed E-state index contributed by atoms with van der Waals surface area (Å²) in [7, 11) is 0. The Morgan fingerprint density at radius 1 is 1.32 bits per heavy atom. The molecule has 1 aromatic heterocycles. The van der Waals surface area contributed by atoms with Crippen LogP contribution in [0.4, 0.5) is 0 Å². The van der Waals surface area contributed by atoms with Crippen LogP contribution in [0.2, 0.25) is 0 Å². The second-order valence-electron chi connectivity index (χ2n) is 8.37. The zero-order valence-corrected chi connectivity index (χ0v) is 13.8. The van der Waals surface area contributed by atoms with Gasteiger partial charge in [0.2, 0.25) is 0 Å². The summed E-state index contributed by atoms with van der Waals surface area (Å²) >= 11 is 0. The molecule has 4 fully saturated rings. The fourth-order valence-electron chi connectivity index (χ4n) is 5.82. The van der Waals surface area contributed by atoms with E-state index in [0.717, 1.165) is 24.2 Å². The quantitative estimate of drug-likeness (QED) is 0.791. The summed E-state index contributed by atoms with van der Waals surface area (Å²) in [6.45, 7) is 9.28. The van der Waals surface area contributed by atoms with Crippen LogP contribution in [0.1, 0.15) is 51.0 Å². The summed E-state index contributed by atoms with van der Waals surface area (Å²) < 4.78 is 0. The van der Waals surface area contributed by atoms with E-state index in [1.54, 1.807) is 0 Å². The molecule has 4 saturated carbocycles. The highest BCUT2D eigenvalue weighted by molar-refractivity contribution is 5.25. The van der Waals surface area contributed by atoms with Gasteiger partial charge in [0.05, 0.1) is 0 Å². The van der Waals surface area contributed by atoms with E-state index >= 15 is 0 Å². The van der Waals surface area contributed by atoms with Gasteiger partial charge in [-0.2, -0.15) is 0 Å². The number of rotatable bonds is 1. The lowest BCUT2D eigenvalue weighted by Crippen LogP contribution is -2.61. The Labute approximate surface area is 134 Å². The molecule has 0 aliphatic heterocycles. The van der Waals surface area contributed by atoms with Crippen molar-refractivity contribution in [2.24, 2.45) is 35.3 Å². The SMILES string of the molecule is C=C1CC(c2cccnc2)CC2CC3CC(C1C2C)C3(C)N. The molecule has 4 bridgehead atoms. The minimum absolute atomic E-state index is 0.0394. The van der Waals surface area contributed by atoms with Gasteiger partial charge in [-0.05, 0) is 79.7 Å². The van der Waals surface area contributed by atoms with Crippen LogP contribution in [0.5, 0.6) is 0 Å². The third-order valence-corrected chi connectivity index (χ3v) is 7.27. The van der Waals surface area contributed by atoms with Crippen LogP contribution >= 0.6 is 0 Å². The Morgan fingerprint density at radius 3 is 2.82 bits per heavy atom. The zero-order chi connectivity index (χ0) is 15.5. The summed E-state index contributed by atoms with van der Waals surface area (Å²) in [5, 5.41) is 0. The minimum Gasteiger partial charge on any atom is -0.325 e. The third kappa shape index (κ3) is 2.00. The first-order valence-electron chi connectivity index (χ1n) is 8.85. The highest BCUT2D eigenvalue weighted by Gasteiger charge is 2.58. The van der Waals surface area contributed by atoms with Gasteiger partial charge in [-0.15, -0.1) is 0 Å². The van der Waals surface area contributed by atoms with Crippen LogP contribution < -0.4 is 5.73 Å². The van der Waals surface area contributed by atoms with Crippen molar-refractivity contribution >= 4 is 0 Å². The zero-order valence-electron chi connectivity index (χ0n) is 13.8. The average Bonchev–Trinajstić information content (AvgIpc) is 2.77. The molecule has 118 valence electrons. The maximum Gasteiger partial charge on any atom is 0.0302 e. The van der Waals surface area contributed by atoms with Crippen LogP contribution in [0.3, 0.4) is 0 Å². The normalized spacial score (nSPS) is 47.3. The number of hydrogen-bond acceptors (Lipinski definition) is 2. The molecule has 7 atom stereocenters. The second-order valence-corrected chi connectivity index (χ2v) is 8.37. The molecule has 2 nitrogen and oxygen atoms in total. The fraction of sp³-hybridized carbons (Fsp3) is 0.650. The fourth-order valence-corrected chi connectivity index (χ4v) is 5.82. The first-order chi connectivity index (χ1) is 10.5. The molecule has 22 heavy (non-hydrogen) atoms. The molecule has 0 spiro atoms. The van der Waals surface area contributed by atoms with Crippen LogP contribution in [0.15, 0.2) is 36.7 Å². The summed E-state index contributed by atoms with van der Waals surface area (Å²) in [4.78, 5) is 4.34. The van der Waals surface area contributed by atoms with E-state index < -0.39 is 0 Å². The molecular weight excluding hydrogens is 268 g/mol. The van der Waals surface area contributed by atoms with Crippen LogP contribution in [0, 0.1) is 29.6 Å². The van der Waals surface area contributed by atoms with E-state index in [4.69, 9.17) is 5.73 Å². The van der Waals surface area contributed by atoms with Crippen molar-refractivity contribution in [3.63, 3.8) is 0 Å². The van der Waals surface area contributed by atoms with Gasteiger partial charge in [-0.1, -0.05) is 25.1 Å². The van der Waals surface area contributed by atoms with Gasteiger partial charge in [-0.25, -0.2) is 0 Å². The number of aromatic nitrogens is 1. The molecule has 5 rings (SSSR count). The molecule has 1 heterocycles. The Morgan fingerprint density at radius 2 is 2.14 bits per heavy atom. The van der Waals surface area contributed by atoms with E-state index in [0.29, 0.717) is 17.8 Å². The first kappa shape index (κ1) is 14.4. The molecule has 2 N–H and O–H groups in total. The van der Waals surface area contributed by atoms with Crippen LogP contribution in [-0.4, -0.2) is 10.5 Å². The summed E-state index contributed by atoms with van der Waals surface area (Å²) in [5.41, 5.74) is 9.58. The molecule has 0 amide bonds. The van der Waals surface area contributed by atoms with Gasteiger partial charge in [0.25, 0.3) is 0 Å². The Bertz CT molecular complexity index is 577.